The molecule has 2 aromatic rings. The molecule has 0 radical (unpaired) electrons. The van der Waals surface area contributed by atoms with E-state index in [0.29, 0.717) is 0 Å². The van der Waals surface area contributed by atoms with Gasteiger partial charge in [-0.15, -0.1) is 0 Å². The molecule has 0 unspecified atom stereocenters. The lowest BCUT2D eigenvalue weighted by molar-refractivity contribution is 0.392. The normalized spacial score (nSPS) is 14.7. The fraction of sp³-hybridized carbons (Fsp3) is 0.278. The van der Waals surface area contributed by atoms with Gasteiger partial charge in [-0.05, 0) is 48.5 Å². The number of hydrogen-bond donors (Lipinski definition) is 0. The lowest BCUT2D eigenvalue weighted by Crippen LogP contribution is -2.48. The summed E-state index contributed by atoms with van der Waals surface area (Å²) in [5.41, 5.74) is 2.09. The van der Waals surface area contributed by atoms with Gasteiger partial charge < -0.3 is 14.5 Å². The Balaban J connectivity index is 1.61. The van der Waals surface area contributed by atoms with Crippen molar-refractivity contribution in [3.8, 4) is 5.75 Å². The number of thiocarbonyl (C=S) groups is 1. The molecule has 0 amide bonds. The molecule has 1 aliphatic rings. The number of hydrogen-bond acceptors (Lipinski definition) is 3. The molecule has 0 N–H and O–H groups in total. The Bertz CT molecular complexity index is 664. The first-order chi connectivity index (χ1) is 11.2. The van der Waals surface area contributed by atoms with Gasteiger partial charge >= 0.3 is 0 Å². The monoisotopic (exact) mass is 330 g/mol. The fourth-order valence-corrected chi connectivity index (χ4v) is 3.05. The third-order valence-electron chi connectivity index (χ3n) is 4.10. The van der Waals surface area contributed by atoms with Crippen molar-refractivity contribution >= 4 is 22.9 Å². The fourth-order valence-electron chi connectivity index (χ4n) is 2.74. The van der Waals surface area contributed by atoms with Crippen LogP contribution in [-0.4, -0.2) is 43.2 Å². The maximum Gasteiger partial charge on any atom is 0.123 e. The lowest BCUT2D eigenvalue weighted by atomic mass is 10.2. The Kier molecular flexibility index (Phi) is 4.76. The Morgan fingerprint density at radius 2 is 1.57 bits per heavy atom. The average molecular weight is 330 g/mol. The molecule has 0 bridgehead atoms. The molecule has 0 aromatic heterocycles. The molecular formula is C18H19FN2OS. The first kappa shape index (κ1) is 15.7. The molecule has 2 aromatic carbocycles. The van der Waals surface area contributed by atoms with Crippen molar-refractivity contribution in [1.29, 1.82) is 0 Å². The highest BCUT2D eigenvalue weighted by Crippen LogP contribution is 2.21. The molecule has 1 aliphatic heterocycles. The molecule has 0 atom stereocenters. The number of nitrogens with zero attached hydrogens (tertiary/aromatic N) is 2. The van der Waals surface area contributed by atoms with Crippen molar-refractivity contribution in [3.05, 3.63) is 59.9 Å². The van der Waals surface area contributed by atoms with Crippen LogP contribution in [0.1, 0.15) is 5.56 Å². The van der Waals surface area contributed by atoms with E-state index in [0.717, 1.165) is 42.5 Å². The zero-order valence-electron chi connectivity index (χ0n) is 13.0. The second-order valence-corrected chi connectivity index (χ2v) is 5.87. The van der Waals surface area contributed by atoms with Crippen LogP contribution in [0.15, 0.2) is 48.5 Å². The minimum Gasteiger partial charge on any atom is -0.497 e. The van der Waals surface area contributed by atoms with E-state index >= 15 is 0 Å². The molecular weight excluding hydrogens is 311 g/mol. The molecule has 0 aliphatic carbocycles. The van der Waals surface area contributed by atoms with Gasteiger partial charge in [-0.1, -0.05) is 12.2 Å². The van der Waals surface area contributed by atoms with Gasteiger partial charge in [0.1, 0.15) is 16.6 Å². The van der Waals surface area contributed by atoms with Crippen LogP contribution >= 0.6 is 12.2 Å². The van der Waals surface area contributed by atoms with Gasteiger partial charge in [0.2, 0.25) is 0 Å². The lowest BCUT2D eigenvalue weighted by Gasteiger charge is -2.37. The number of piperazine rings is 1. The highest BCUT2D eigenvalue weighted by atomic mass is 32.1. The van der Waals surface area contributed by atoms with Crippen LogP contribution < -0.4 is 9.64 Å². The van der Waals surface area contributed by atoms with Gasteiger partial charge in [0.05, 0.1) is 7.11 Å². The molecule has 0 saturated carbocycles. The summed E-state index contributed by atoms with van der Waals surface area (Å²) < 4.78 is 18.2. The Morgan fingerprint density at radius 1 is 0.957 bits per heavy atom. The summed E-state index contributed by atoms with van der Waals surface area (Å²) in [4.78, 5) is 5.31. The standard InChI is InChI=1S/C18H19FN2OS/c1-22-17-8-6-16(7-9-17)20-10-12-21(13-11-20)18(23)14-2-4-15(19)5-3-14/h2-9H,10-13H2,1H3. The summed E-state index contributed by atoms with van der Waals surface area (Å²) in [5, 5.41) is 0. The molecule has 1 fully saturated rings. The second-order valence-electron chi connectivity index (χ2n) is 5.48. The van der Waals surface area contributed by atoms with Gasteiger partial charge in [0.25, 0.3) is 0 Å². The van der Waals surface area contributed by atoms with Gasteiger partial charge in [0.15, 0.2) is 0 Å². The number of ether oxygens (including phenoxy) is 1. The smallest absolute Gasteiger partial charge is 0.123 e. The van der Waals surface area contributed by atoms with Gasteiger partial charge in [0, 0.05) is 37.4 Å². The molecule has 23 heavy (non-hydrogen) atoms. The molecule has 1 heterocycles. The summed E-state index contributed by atoms with van der Waals surface area (Å²) in [6.45, 7) is 3.55. The predicted molar refractivity (Wildman–Crippen MR) is 94.9 cm³/mol. The molecule has 5 heteroatoms. The van der Waals surface area contributed by atoms with Gasteiger partial charge in [-0.3, -0.25) is 0 Å². The summed E-state index contributed by atoms with van der Waals surface area (Å²) in [5.74, 6) is 0.630. The van der Waals surface area contributed by atoms with E-state index in [9.17, 15) is 4.39 Å². The summed E-state index contributed by atoms with van der Waals surface area (Å²) in [7, 11) is 1.67. The maximum atomic E-state index is 13.0. The highest BCUT2D eigenvalue weighted by molar-refractivity contribution is 7.80. The van der Waals surface area contributed by atoms with Crippen LogP contribution in [0.25, 0.3) is 0 Å². The van der Waals surface area contributed by atoms with Crippen LogP contribution in [0.4, 0.5) is 10.1 Å². The predicted octanol–water partition coefficient (Wildman–Crippen LogP) is 3.33. The van der Waals surface area contributed by atoms with Crippen molar-refractivity contribution in [2.24, 2.45) is 0 Å². The van der Waals surface area contributed by atoms with Crippen molar-refractivity contribution in [1.82, 2.24) is 4.90 Å². The van der Waals surface area contributed by atoms with Crippen LogP contribution in [0.5, 0.6) is 5.75 Å². The molecule has 3 nitrogen and oxygen atoms in total. The molecule has 3 rings (SSSR count). The Labute approximate surface area is 141 Å². The van der Waals surface area contributed by atoms with Crippen molar-refractivity contribution < 1.29 is 9.13 Å². The number of halogens is 1. The van der Waals surface area contributed by atoms with E-state index in [1.54, 1.807) is 19.2 Å². The minimum atomic E-state index is -0.235. The summed E-state index contributed by atoms with van der Waals surface area (Å²) >= 11 is 5.54. The van der Waals surface area contributed by atoms with E-state index in [2.05, 4.69) is 21.9 Å². The van der Waals surface area contributed by atoms with E-state index in [1.807, 2.05) is 12.1 Å². The summed E-state index contributed by atoms with van der Waals surface area (Å²) in [6, 6.07) is 14.5. The van der Waals surface area contributed by atoms with Gasteiger partial charge in [-0.25, -0.2) is 4.39 Å². The van der Waals surface area contributed by atoms with Crippen molar-refractivity contribution in [3.63, 3.8) is 0 Å². The number of anilines is 1. The average Bonchev–Trinajstić information content (AvgIpc) is 2.62. The van der Waals surface area contributed by atoms with Crippen molar-refractivity contribution in [2.45, 2.75) is 0 Å². The van der Waals surface area contributed by atoms with E-state index < -0.39 is 0 Å². The summed E-state index contributed by atoms with van der Waals surface area (Å²) in [6.07, 6.45) is 0. The van der Waals surface area contributed by atoms with Crippen LogP contribution in [0.2, 0.25) is 0 Å². The first-order valence-electron chi connectivity index (χ1n) is 7.61. The highest BCUT2D eigenvalue weighted by Gasteiger charge is 2.20. The Morgan fingerprint density at radius 3 is 2.13 bits per heavy atom. The number of rotatable bonds is 3. The Hall–Kier alpha value is -2.14. The van der Waals surface area contributed by atoms with Gasteiger partial charge in [-0.2, -0.15) is 0 Å². The van der Waals surface area contributed by atoms with E-state index in [-0.39, 0.29) is 5.82 Å². The second kappa shape index (κ2) is 6.96. The van der Waals surface area contributed by atoms with Crippen LogP contribution in [0, 0.1) is 5.82 Å². The SMILES string of the molecule is COc1ccc(N2CCN(C(=S)c3ccc(F)cc3)CC2)cc1. The van der Waals surface area contributed by atoms with Crippen LogP contribution in [-0.2, 0) is 0 Å². The third-order valence-corrected chi connectivity index (χ3v) is 4.59. The first-order valence-corrected chi connectivity index (χ1v) is 8.02. The maximum absolute atomic E-state index is 13.0. The molecule has 1 saturated heterocycles. The molecule has 0 spiro atoms. The van der Waals surface area contributed by atoms with Crippen molar-refractivity contribution in [2.75, 3.05) is 38.2 Å². The largest absolute Gasteiger partial charge is 0.497 e. The quantitative estimate of drug-likeness (QED) is 0.802. The molecule has 120 valence electrons. The minimum absolute atomic E-state index is 0.235. The van der Waals surface area contributed by atoms with E-state index in [1.165, 1.54) is 17.8 Å². The van der Waals surface area contributed by atoms with Crippen LogP contribution in [0.3, 0.4) is 0 Å². The zero-order chi connectivity index (χ0) is 16.2. The number of benzene rings is 2. The topological polar surface area (TPSA) is 15.7 Å². The zero-order valence-corrected chi connectivity index (χ0v) is 13.9. The number of methoxy groups -OCH3 is 1. The third kappa shape index (κ3) is 3.62. The van der Waals surface area contributed by atoms with E-state index in [4.69, 9.17) is 17.0 Å².